The van der Waals surface area contributed by atoms with Crippen molar-refractivity contribution < 1.29 is 139 Å². The quantitative estimate of drug-likeness (QED) is 0.0877. The fourth-order valence-electron chi connectivity index (χ4n) is 2.79. The van der Waals surface area contributed by atoms with Crippen LogP contribution >= 0.6 is 46.9 Å². The van der Waals surface area contributed by atoms with Gasteiger partial charge in [0.15, 0.2) is 0 Å². The van der Waals surface area contributed by atoms with E-state index in [0.717, 1.165) is 0 Å². The molecule has 0 spiro atoms. The van der Waals surface area contributed by atoms with Gasteiger partial charge in [-0.15, -0.1) is 0 Å². The minimum Gasteiger partial charge on any atom is -0.303 e. The van der Waals surface area contributed by atoms with Gasteiger partial charge in [0.2, 0.25) is 0 Å². The van der Waals surface area contributed by atoms with Gasteiger partial charge in [-0.1, -0.05) is 0 Å². The molecule has 12 N–H and O–H groups in total. The molecule has 31 heteroatoms. The Hall–Kier alpha value is 1.54. The zero-order chi connectivity index (χ0) is 28.7. The topological polar surface area (TPSA) is 401 Å². The van der Waals surface area contributed by atoms with E-state index in [2.05, 4.69) is 27.1 Å². The summed E-state index contributed by atoms with van der Waals surface area (Å²) in [6, 6.07) is 0. The third-order valence-electron chi connectivity index (χ3n) is 3.50. The Balaban J connectivity index is 0.0000130. The van der Waals surface area contributed by atoms with Gasteiger partial charge in [-0.25, -0.2) is 27.4 Å². The van der Waals surface area contributed by atoms with E-state index in [1.165, 1.54) is 0 Å². The molecule has 1 saturated carbocycles. The fourth-order valence-corrected chi connectivity index (χ4v) is 6.14. The molecule has 0 aromatic rings. The van der Waals surface area contributed by atoms with Gasteiger partial charge in [-0.05, 0) is 0 Å². The van der Waals surface area contributed by atoms with E-state index in [1.807, 2.05) is 0 Å². The van der Waals surface area contributed by atoms with E-state index < -0.39 is 83.6 Å². The Labute approximate surface area is 222 Å². The van der Waals surface area contributed by atoms with Crippen LogP contribution in [0.1, 0.15) is 0 Å². The SMILES string of the molecule is O=P(O)(O)OC1C(OP(=O)(O)O)C(OP(=O)(O)O)C(OP(=O)(O)O)C(OP(=O)(O)O)C1OP(=O)(O)O.[Zr]. The van der Waals surface area contributed by atoms with Crippen molar-refractivity contribution >= 4 is 46.9 Å². The number of rotatable bonds is 12. The van der Waals surface area contributed by atoms with Gasteiger partial charge in [0.1, 0.15) is 36.6 Å². The second-order valence-electron chi connectivity index (χ2n) is 6.36. The predicted octanol–water partition coefficient (Wildman–Crippen LogP) is -3.14. The van der Waals surface area contributed by atoms with Gasteiger partial charge in [0, 0.05) is 26.2 Å². The standard InChI is InChI=1S/C6H18O24P6.Zr/c7-31(8,9)25-1-2(26-32(10,11)12)4(28-34(16,17)18)6(30-36(22,23)24)5(29-35(19,20)21)3(1)27-33(13,14)15;/h1-6H,(H2,7,8,9)(H2,10,11,12)(H2,13,14,15)(H2,16,17,18)(H2,19,20,21)(H2,22,23,24);. The van der Waals surface area contributed by atoms with Crippen LogP contribution in [0, 0.1) is 0 Å². The van der Waals surface area contributed by atoms with E-state index in [4.69, 9.17) is 58.7 Å². The molecule has 0 aromatic carbocycles. The van der Waals surface area contributed by atoms with Crippen molar-refractivity contribution in [2.75, 3.05) is 0 Å². The van der Waals surface area contributed by atoms with Crippen LogP contribution in [0.4, 0.5) is 0 Å². The molecule has 220 valence electrons. The smallest absolute Gasteiger partial charge is 0.303 e. The summed E-state index contributed by atoms with van der Waals surface area (Å²) in [4.78, 5) is 110. The first kappa shape index (κ1) is 38.5. The summed E-state index contributed by atoms with van der Waals surface area (Å²) >= 11 is 0. The molecular weight excluding hydrogens is 733 g/mol. The fraction of sp³-hybridized carbons (Fsp3) is 1.00. The van der Waals surface area contributed by atoms with Crippen molar-refractivity contribution in [3.05, 3.63) is 0 Å². The number of hydrogen-bond acceptors (Lipinski definition) is 12. The van der Waals surface area contributed by atoms with E-state index in [0.29, 0.717) is 0 Å². The van der Waals surface area contributed by atoms with Gasteiger partial charge < -0.3 is 58.7 Å². The van der Waals surface area contributed by atoms with Gasteiger partial charge in [-0.2, -0.15) is 0 Å². The van der Waals surface area contributed by atoms with Crippen LogP contribution in [0.15, 0.2) is 0 Å². The zero-order valence-corrected chi connectivity index (χ0v) is 24.7. The summed E-state index contributed by atoms with van der Waals surface area (Å²) in [5, 5.41) is 0. The van der Waals surface area contributed by atoms with Crippen LogP contribution in [-0.2, 0) is 80.7 Å². The third kappa shape index (κ3) is 15.4. The Morgan fingerprint density at radius 2 is 0.378 bits per heavy atom. The molecule has 0 radical (unpaired) electrons. The summed E-state index contributed by atoms with van der Waals surface area (Å²) in [6.45, 7) is 0. The van der Waals surface area contributed by atoms with Crippen molar-refractivity contribution in [3.8, 4) is 0 Å². The Morgan fingerprint density at radius 1 is 0.297 bits per heavy atom. The van der Waals surface area contributed by atoms with Crippen LogP contribution in [0.5, 0.6) is 0 Å². The maximum atomic E-state index is 11.4. The van der Waals surface area contributed by atoms with Gasteiger partial charge >= 0.3 is 46.9 Å². The summed E-state index contributed by atoms with van der Waals surface area (Å²) in [7, 11) is -36.1. The molecule has 1 fully saturated rings. The van der Waals surface area contributed by atoms with Crippen LogP contribution in [0.2, 0.25) is 0 Å². The molecule has 0 bridgehead atoms. The molecule has 0 heterocycles. The monoisotopic (exact) mass is 750 g/mol. The molecule has 0 unspecified atom stereocenters. The molecule has 37 heavy (non-hydrogen) atoms. The maximum Gasteiger partial charge on any atom is 0.470 e. The molecule has 0 saturated heterocycles. The summed E-state index contributed by atoms with van der Waals surface area (Å²) < 4.78 is 93.1. The third-order valence-corrected chi connectivity index (χ3v) is 6.61. The van der Waals surface area contributed by atoms with Crippen molar-refractivity contribution in [1.82, 2.24) is 0 Å². The second-order valence-corrected chi connectivity index (χ2v) is 13.5. The zero-order valence-electron chi connectivity index (χ0n) is 16.9. The van der Waals surface area contributed by atoms with E-state index >= 15 is 0 Å². The van der Waals surface area contributed by atoms with Crippen molar-refractivity contribution in [2.45, 2.75) is 36.6 Å². The van der Waals surface area contributed by atoms with E-state index in [1.54, 1.807) is 0 Å². The second kappa shape index (κ2) is 13.2. The number of phosphoric acid groups is 6. The molecule has 24 nitrogen and oxygen atoms in total. The molecule has 1 aliphatic rings. The molecular formula is C6H18O24P6Zr. The molecule has 0 aliphatic heterocycles. The normalized spacial score (nSPS) is 28.5. The van der Waals surface area contributed by atoms with E-state index in [-0.39, 0.29) is 26.2 Å². The van der Waals surface area contributed by atoms with E-state index in [9.17, 15) is 27.4 Å². The number of hydrogen-bond donors (Lipinski definition) is 12. The van der Waals surface area contributed by atoms with Gasteiger partial charge in [0.25, 0.3) is 0 Å². The minimum absolute atomic E-state index is 0. The molecule has 0 aromatic heterocycles. The van der Waals surface area contributed by atoms with Crippen LogP contribution < -0.4 is 0 Å². The molecule has 1 aliphatic carbocycles. The van der Waals surface area contributed by atoms with Gasteiger partial charge in [0.05, 0.1) is 0 Å². The van der Waals surface area contributed by atoms with Crippen molar-refractivity contribution in [2.24, 2.45) is 0 Å². The average Bonchev–Trinajstić information content (AvgIpc) is 2.51. The van der Waals surface area contributed by atoms with Crippen LogP contribution in [0.3, 0.4) is 0 Å². The first-order chi connectivity index (χ1) is 15.6. The first-order valence-electron chi connectivity index (χ1n) is 8.01. The summed E-state index contributed by atoms with van der Waals surface area (Å²) in [6.07, 6.45) is -18.9. The number of phosphoric ester groups is 6. The maximum absolute atomic E-state index is 11.4. The predicted molar refractivity (Wildman–Crippen MR) is 102 cm³/mol. The summed E-state index contributed by atoms with van der Waals surface area (Å²) in [5.74, 6) is 0. The van der Waals surface area contributed by atoms with Crippen LogP contribution in [0.25, 0.3) is 0 Å². The average molecular weight is 751 g/mol. The van der Waals surface area contributed by atoms with Crippen molar-refractivity contribution in [3.63, 3.8) is 0 Å². The first-order valence-corrected chi connectivity index (χ1v) is 17.2. The van der Waals surface area contributed by atoms with Gasteiger partial charge in [-0.3, -0.25) is 27.1 Å². The Bertz CT molecular complexity index is 824. The minimum atomic E-state index is -6.02. The summed E-state index contributed by atoms with van der Waals surface area (Å²) in [5.41, 5.74) is 0. The largest absolute Gasteiger partial charge is 0.470 e. The Kier molecular flexibility index (Phi) is 13.8. The Morgan fingerprint density at radius 3 is 0.432 bits per heavy atom. The van der Waals surface area contributed by atoms with Crippen molar-refractivity contribution in [1.29, 1.82) is 0 Å². The molecule has 0 amide bonds. The molecule has 1 rings (SSSR count). The molecule has 0 atom stereocenters. The van der Waals surface area contributed by atoms with Crippen LogP contribution in [-0.4, -0.2) is 95.3 Å².